The van der Waals surface area contributed by atoms with Crippen LogP contribution >= 0.6 is 0 Å². The molecular formula is C20H25N3O. The first kappa shape index (κ1) is 16.4. The number of nitrogens with one attached hydrogen (secondary N) is 1. The number of hydrogen-bond acceptors (Lipinski definition) is 2. The van der Waals surface area contributed by atoms with Crippen molar-refractivity contribution < 1.29 is 4.79 Å². The van der Waals surface area contributed by atoms with Crippen LogP contribution in [0.1, 0.15) is 18.1 Å². The summed E-state index contributed by atoms with van der Waals surface area (Å²) < 4.78 is 0. The normalized spacial score (nSPS) is 17.7. The highest BCUT2D eigenvalue weighted by molar-refractivity contribution is 5.89. The Balaban J connectivity index is 1.62. The van der Waals surface area contributed by atoms with Gasteiger partial charge in [0.2, 0.25) is 0 Å². The average Bonchev–Trinajstić information content (AvgIpc) is 2.56. The molecule has 3 rings (SSSR count). The highest BCUT2D eigenvalue weighted by Crippen LogP contribution is 2.21. The summed E-state index contributed by atoms with van der Waals surface area (Å²) in [6.07, 6.45) is 0. The Kier molecular flexibility index (Phi) is 4.74. The molecule has 2 amide bonds. The lowest BCUT2D eigenvalue weighted by Gasteiger charge is -2.41. The molecule has 1 atom stereocenters. The van der Waals surface area contributed by atoms with Crippen LogP contribution in [0.3, 0.4) is 0 Å². The molecule has 0 unspecified atom stereocenters. The fourth-order valence-electron chi connectivity index (χ4n) is 3.19. The maximum Gasteiger partial charge on any atom is 0.321 e. The number of piperazine rings is 1. The summed E-state index contributed by atoms with van der Waals surface area (Å²) >= 11 is 0. The summed E-state index contributed by atoms with van der Waals surface area (Å²) in [4.78, 5) is 16.8. The van der Waals surface area contributed by atoms with E-state index in [1.54, 1.807) is 0 Å². The average molecular weight is 323 g/mol. The Labute approximate surface area is 144 Å². The van der Waals surface area contributed by atoms with Crippen LogP contribution in [-0.2, 0) is 0 Å². The van der Waals surface area contributed by atoms with Crippen molar-refractivity contribution in [1.82, 2.24) is 4.90 Å². The van der Waals surface area contributed by atoms with Gasteiger partial charge in [0.1, 0.15) is 0 Å². The van der Waals surface area contributed by atoms with Crippen LogP contribution in [0.15, 0.2) is 48.5 Å². The smallest absolute Gasteiger partial charge is 0.321 e. The molecule has 0 radical (unpaired) electrons. The van der Waals surface area contributed by atoms with E-state index in [1.807, 2.05) is 36.1 Å². The van der Waals surface area contributed by atoms with Crippen LogP contribution in [0.2, 0.25) is 0 Å². The molecule has 2 aromatic carbocycles. The lowest BCUT2D eigenvalue weighted by atomic mass is 10.1. The zero-order valence-corrected chi connectivity index (χ0v) is 14.6. The molecule has 0 aromatic heterocycles. The minimum atomic E-state index is -0.0176. The van der Waals surface area contributed by atoms with E-state index >= 15 is 0 Å². The van der Waals surface area contributed by atoms with Gasteiger partial charge in [-0.05, 0) is 50.6 Å². The van der Waals surface area contributed by atoms with Crippen molar-refractivity contribution in [3.63, 3.8) is 0 Å². The molecule has 1 fully saturated rings. The molecule has 0 saturated carbocycles. The van der Waals surface area contributed by atoms with Crippen molar-refractivity contribution in [1.29, 1.82) is 0 Å². The predicted octanol–water partition coefficient (Wildman–Crippen LogP) is 4.05. The number of rotatable bonds is 2. The Hall–Kier alpha value is -2.49. The first-order chi connectivity index (χ1) is 11.5. The molecule has 4 nitrogen and oxygen atoms in total. The van der Waals surface area contributed by atoms with Gasteiger partial charge in [0.05, 0.1) is 0 Å². The molecule has 1 saturated heterocycles. The van der Waals surface area contributed by atoms with Crippen molar-refractivity contribution in [2.24, 2.45) is 0 Å². The number of anilines is 2. The number of benzene rings is 2. The first-order valence-electron chi connectivity index (χ1n) is 8.49. The van der Waals surface area contributed by atoms with Crippen LogP contribution in [0.25, 0.3) is 0 Å². The number of nitrogens with zero attached hydrogens (tertiary/aromatic N) is 2. The molecule has 0 aliphatic carbocycles. The van der Waals surface area contributed by atoms with E-state index in [9.17, 15) is 4.79 Å². The monoisotopic (exact) mass is 323 g/mol. The molecule has 1 N–H and O–H groups in total. The van der Waals surface area contributed by atoms with E-state index in [0.29, 0.717) is 6.04 Å². The topological polar surface area (TPSA) is 35.6 Å². The van der Waals surface area contributed by atoms with Crippen LogP contribution in [0, 0.1) is 13.8 Å². The summed E-state index contributed by atoms with van der Waals surface area (Å²) in [7, 11) is 0. The van der Waals surface area contributed by atoms with Crippen LogP contribution < -0.4 is 10.2 Å². The van der Waals surface area contributed by atoms with Gasteiger partial charge in [0.15, 0.2) is 0 Å². The molecule has 4 heteroatoms. The summed E-state index contributed by atoms with van der Waals surface area (Å²) in [5.41, 5.74) is 4.49. The molecule has 0 spiro atoms. The van der Waals surface area contributed by atoms with Gasteiger partial charge >= 0.3 is 6.03 Å². The maximum atomic E-state index is 12.5. The molecule has 1 aliphatic rings. The molecule has 24 heavy (non-hydrogen) atoms. The van der Waals surface area contributed by atoms with E-state index < -0.39 is 0 Å². The van der Waals surface area contributed by atoms with Crippen molar-refractivity contribution in [2.45, 2.75) is 26.8 Å². The van der Waals surface area contributed by atoms with Gasteiger partial charge in [0.25, 0.3) is 0 Å². The zero-order chi connectivity index (χ0) is 17.1. The molecular weight excluding hydrogens is 298 g/mol. The third-order valence-corrected chi connectivity index (χ3v) is 4.55. The maximum absolute atomic E-state index is 12.5. The first-order valence-corrected chi connectivity index (χ1v) is 8.49. The fourth-order valence-corrected chi connectivity index (χ4v) is 3.19. The van der Waals surface area contributed by atoms with Gasteiger partial charge in [-0.15, -0.1) is 0 Å². The molecule has 126 valence electrons. The number of aryl methyl sites for hydroxylation is 2. The number of carbonyl (C=O) groups excluding carboxylic acids is 1. The van der Waals surface area contributed by atoms with Gasteiger partial charge in [0, 0.05) is 37.1 Å². The van der Waals surface area contributed by atoms with Gasteiger partial charge in [-0.2, -0.15) is 0 Å². The number of urea groups is 1. The Morgan fingerprint density at radius 2 is 1.79 bits per heavy atom. The van der Waals surface area contributed by atoms with Crippen molar-refractivity contribution in [3.05, 3.63) is 59.7 Å². The van der Waals surface area contributed by atoms with Gasteiger partial charge in [-0.1, -0.05) is 29.8 Å². The Morgan fingerprint density at radius 3 is 2.46 bits per heavy atom. The van der Waals surface area contributed by atoms with Crippen LogP contribution in [-0.4, -0.2) is 36.6 Å². The van der Waals surface area contributed by atoms with Crippen molar-refractivity contribution >= 4 is 17.4 Å². The van der Waals surface area contributed by atoms with Gasteiger partial charge < -0.3 is 15.1 Å². The third-order valence-electron chi connectivity index (χ3n) is 4.55. The minimum Gasteiger partial charge on any atom is -0.365 e. The fraction of sp³-hybridized carbons (Fsp3) is 0.350. The largest absolute Gasteiger partial charge is 0.365 e. The van der Waals surface area contributed by atoms with E-state index in [2.05, 4.69) is 48.3 Å². The quantitative estimate of drug-likeness (QED) is 0.905. The molecule has 1 aliphatic heterocycles. The summed E-state index contributed by atoms with van der Waals surface area (Å²) in [5, 5.41) is 3.00. The molecule has 1 heterocycles. The summed E-state index contributed by atoms with van der Waals surface area (Å²) in [6.45, 7) is 8.61. The minimum absolute atomic E-state index is 0.0176. The van der Waals surface area contributed by atoms with Crippen LogP contribution in [0.4, 0.5) is 16.2 Å². The second kappa shape index (κ2) is 6.95. The number of hydrogen-bond donors (Lipinski definition) is 1. The van der Waals surface area contributed by atoms with E-state index in [4.69, 9.17) is 0 Å². The Morgan fingerprint density at radius 1 is 1.04 bits per heavy atom. The number of amides is 2. The van der Waals surface area contributed by atoms with Crippen molar-refractivity contribution in [2.75, 3.05) is 29.9 Å². The van der Waals surface area contributed by atoms with Gasteiger partial charge in [-0.3, -0.25) is 0 Å². The Bertz CT molecular complexity index is 711. The van der Waals surface area contributed by atoms with Crippen molar-refractivity contribution in [3.8, 4) is 0 Å². The van der Waals surface area contributed by atoms with E-state index in [-0.39, 0.29) is 6.03 Å². The second-order valence-electron chi connectivity index (χ2n) is 6.62. The zero-order valence-electron chi connectivity index (χ0n) is 14.6. The molecule has 2 aromatic rings. The summed E-state index contributed by atoms with van der Waals surface area (Å²) in [5.74, 6) is 0. The number of carbonyl (C=O) groups is 1. The highest BCUT2D eigenvalue weighted by Gasteiger charge is 2.26. The van der Waals surface area contributed by atoms with E-state index in [1.165, 1.54) is 11.3 Å². The predicted molar refractivity (Wildman–Crippen MR) is 99.8 cm³/mol. The van der Waals surface area contributed by atoms with E-state index in [0.717, 1.165) is 30.9 Å². The lowest BCUT2D eigenvalue weighted by molar-refractivity contribution is 0.200. The lowest BCUT2D eigenvalue weighted by Crippen LogP contribution is -2.54. The van der Waals surface area contributed by atoms with Gasteiger partial charge in [-0.25, -0.2) is 4.79 Å². The highest BCUT2D eigenvalue weighted by atomic mass is 16.2. The van der Waals surface area contributed by atoms with Crippen LogP contribution in [0.5, 0.6) is 0 Å². The third kappa shape index (κ3) is 3.70. The summed E-state index contributed by atoms with van der Waals surface area (Å²) in [6, 6.07) is 16.8. The molecule has 0 bridgehead atoms. The SMILES string of the molecule is Cc1ccc(N2CCN(C(=O)Nc3cccc(C)c3)C[C@@H]2C)cc1. The standard InChI is InChI=1S/C20H25N3O/c1-15-7-9-19(10-8-15)23-12-11-22(14-17(23)3)20(24)21-18-6-4-5-16(2)13-18/h4-10,13,17H,11-12,14H2,1-3H3,(H,21,24)/t17-/m0/s1. The second-order valence-corrected chi connectivity index (χ2v) is 6.62.